The molecule has 0 radical (unpaired) electrons. The summed E-state index contributed by atoms with van der Waals surface area (Å²) < 4.78 is 2.25. The number of likely N-dealkylation sites (tertiary alicyclic amines) is 1. The van der Waals surface area contributed by atoms with Gasteiger partial charge in [0.25, 0.3) is 0 Å². The van der Waals surface area contributed by atoms with E-state index in [2.05, 4.69) is 80.8 Å². The zero-order chi connectivity index (χ0) is 11.9. The molecule has 1 fully saturated rings. The lowest BCUT2D eigenvalue weighted by Gasteiger charge is -2.36. The van der Waals surface area contributed by atoms with Crippen LogP contribution in [-0.2, 0) is 0 Å². The quantitative estimate of drug-likeness (QED) is 0.671. The molecule has 1 aliphatic heterocycles. The number of hydrogen-bond acceptors (Lipinski definition) is 2. The van der Waals surface area contributed by atoms with Crippen LogP contribution in [0.15, 0.2) is 0 Å². The van der Waals surface area contributed by atoms with E-state index in [9.17, 15) is 0 Å². The van der Waals surface area contributed by atoms with Crippen LogP contribution in [0.5, 0.6) is 0 Å². The van der Waals surface area contributed by atoms with Crippen molar-refractivity contribution in [3.8, 4) is 0 Å². The van der Waals surface area contributed by atoms with E-state index >= 15 is 0 Å². The predicted molar refractivity (Wildman–Crippen MR) is 82.5 cm³/mol. The molecule has 0 aliphatic carbocycles. The van der Waals surface area contributed by atoms with Crippen molar-refractivity contribution in [3.63, 3.8) is 0 Å². The second-order valence-electron chi connectivity index (χ2n) is 5.25. The second-order valence-corrected chi connectivity index (χ2v) is 7.35. The van der Waals surface area contributed by atoms with Crippen molar-refractivity contribution in [1.82, 2.24) is 14.9 Å². The Bertz CT molecular complexity index is 362. The molecule has 5 heteroatoms. The third-order valence-electron chi connectivity index (χ3n) is 3.07. The average molecular weight is 445 g/mol. The van der Waals surface area contributed by atoms with Gasteiger partial charge < -0.3 is 4.98 Å². The van der Waals surface area contributed by atoms with Crippen LogP contribution < -0.4 is 0 Å². The minimum absolute atomic E-state index is 0.227. The van der Waals surface area contributed by atoms with Gasteiger partial charge in [-0.15, -0.1) is 0 Å². The molecule has 0 bridgehead atoms. The van der Waals surface area contributed by atoms with Gasteiger partial charge in [-0.1, -0.05) is 0 Å². The first kappa shape index (κ1) is 13.1. The number of H-pyrrole nitrogens is 1. The predicted octanol–water partition coefficient (Wildman–Crippen LogP) is 3.55. The molecule has 1 aromatic heterocycles. The summed E-state index contributed by atoms with van der Waals surface area (Å²) in [6.07, 6.45) is 2.49. The fraction of sp³-hybridized carbons (Fsp3) is 0.727. The number of nitrogens with zero attached hydrogens (tertiary/aromatic N) is 2. The molecule has 1 saturated heterocycles. The Labute approximate surface area is 124 Å². The van der Waals surface area contributed by atoms with Gasteiger partial charge in [-0.3, -0.25) is 4.90 Å². The highest BCUT2D eigenvalue weighted by atomic mass is 127. The highest BCUT2D eigenvalue weighted by molar-refractivity contribution is 14.1. The molecule has 2 heterocycles. The number of halogens is 2. The Morgan fingerprint density at radius 1 is 1.38 bits per heavy atom. The van der Waals surface area contributed by atoms with E-state index in [0.717, 1.165) is 13.2 Å². The maximum Gasteiger partial charge on any atom is 0.133 e. The van der Waals surface area contributed by atoms with Gasteiger partial charge in [0.2, 0.25) is 0 Å². The van der Waals surface area contributed by atoms with Crippen molar-refractivity contribution in [2.75, 3.05) is 6.54 Å². The molecule has 0 spiro atoms. The Morgan fingerprint density at radius 3 is 2.56 bits per heavy atom. The minimum atomic E-state index is 0.227. The Balaban J connectivity index is 2.26. The van der Waals surface area contributed by atoms with E-state index in [-0.39, 0.29) is 5.54 Å². The molecular formula is C11H17I2N3. The van der Waals surface area contributed by atoms with Crippen LogP contribution >= 0.6 is 45.2 Å². The summed E-state index contributed by atoms with van der Waals surface area (Å²) in [4.78, 5) is 10.6. The second kappa shape index (κ2) is 4.72. The summed E-state index contributed by atoms with van der Waals surface area (Å²) in [5.41, 5.74) is 0.227. The molecule has 90 valence electrons. The van der Waals surface area contributed by atoms with Gasteiger partial charge >= 0.3 is 0 Å². The molecule has 16 heavy (non-hydrogen) atoms. The van der Waals surface area contributed by atoms with Crippen molar-refractivity contribution in [3.05, 3.63) is 13.2 Å². The Kier molecular flexibility index (Phi) is 3.85. The van der Waals surface area contributed by atoms with Crippen LogP contribution in [0, 0.1) is 7.40 Å². The Hall–Kier alpha value is 0.630. The van der Waals surface area contributed by atoms with Crippen molar-refractivity contribution in [2.45, 2.75) is 45.2 Å². The maximum absolute atomic E-state index is 4.64. The average Bonchev–Trinajstić information content (AvgIpc) is 2.72. The first-order valence-electron chi connectivity index (χ1n) is 5.57. The van der Waals surface area contributed by atoms with Gasteiger partial charge in [0, 0.05) is 5.54 Å². The minimum Gasteiger partial charge on any atom is -0.335 e. The number of hydrogen-bond donors (Lipinski definition) is 1. The molecule has 0 unspecified atom stereocenters. The first-order chi connectivity index (χ1) is 7.39. The molecule has 0 amide bonds. The van der Waals surface area contributed by atoms with Gasteiger partial charge in [0.1, 0.15) is 13.2 Å². The van der Waals surface area contributed by atoms with Gasteiger partial charge in [-0.2, -0.15) is 0 Å². The van der Waals surface area contributed by atoms with Crippen LogP contribution in [0.3, 0.4) is 0 Å². The highest BCUT2D eigenvalue weighted by Gasteiger charge is 2.35. The van der Waals surface area contributed by atoms with Crippen molar-refractivity contribution in [1.29, 1.82) is 0 Å². The van der Waals surface area contributed by atoms with Crippen LogP contribution in [0.1, 0.15) is 45.5 Å². The van der Waals surface area contributed by atoms with E-state index in [1.54, 1.807) is 0 Å². The lowest BCUT2D eigenvalue weighted by molar-refractivity contribution is 0.117. The maximum atomic E-state index is 4.64. The third-order valence-corrected chi connectivity index (χ3v) is 5.66. The molecule has 0 aromatic carbocycles. The third kappa shape index (κ3) is 2.55. The Morgan fingerprint density at radius 2 is 2.06 bits per heavy atom. The van der Waals surface area contributed by atoms with Crippen LogP contribution in [-0.4, -0.2) is 27.0 Å². The molecule has 1 aromatic rings. The summed E-state index contributed by atoms with van der Waals surface area (Å²) in [7, 11) is 0. The van der Waals surface area contributed by atoms with Gasteiger partial charge in [0.15, 0.2) is 0 Å². The van der Waals surface area contributed by atoms with Crippen LogP contribution in [0.25, 0.3) is 0 Å². The molecule has 1 N–H and O–H groups in total. The lowest BCUT2D eigenvalue weighted by Crippen LogP contribution is -2.40. The number of rotatable bonds is 1. The van der Waals surface area contributed by atoms with E-state index in [1.165, 1.54) is 19.4 Å². The lowest BCUT2D eigenvalue weighted by atomic mass is 10.0. The first-order valence-corrected chi connectivity index (χ1v) is 7.73. The summed E-state index contributed by atoms with van der Waals surface area (Å²) in [6, 6.07) is 0.469. The van der Waals surface area contributed by atoms with E-state index in [0.29, 0.717) is 6.04 Å². The standard InChI is InChI=1S/C11H17I2N3/c1-11(2,3)16-6-4-5-7(16)10-14-8(12)9(13)15-10/h7H,4-6H2,1-3H3,(H,14,15)/t7-/m0/s1. The van der Waals surface area contributed by atoms with Gasteiger partial charge in [-0.05, 0) is 85.3 Å². The van der Waals surface area contributed by atoms with Crippen LogP contribution in [0.4, 0.5) is 0 Å². The van der Waals surface area contributed by atoms with E-state index in [1.807, 2.05) is 0 Å². The summed E-state index contributed by atoms with van der Waals surface area (Å²) in [5, 5.41) is 0. The molecule has 1 aliphatic rings. The molecule has 2 rings (SSSR count). The zero-order valence-electron chi connectivity index (χ0n) is 9.85. The monoisotopic (exact) mass is 445 g/mol. The highest BCUT2D eigenvalue weighted by Crippen LogP contribution is 2.36. The zero-order valence-corrected chi connectivity index (χ0v) is 14.2. The largest absolute Gasteiger partial charge is 0.335 e. The van der Waals surface area contributed by atoms with Gasteiger partial charge in [0.05, 0.1) is 6.04 Å². The van der Waals surface area contributed by atoms with Crippen molar-refractivity contribution >= 4 is 45.2 Å². The van der Waals surface area contributed by atoms with E-state index < -0.39 is 0 Å². The fourth-order valence-corrected chi connectivity index (χ4v) is 3.15. The van der Waals surface area contributed by atoms with E-state index in [4.69, 9.17) is 0 Å². The molecular weight excluding hydrogens is 428 g/mol. The normalized spacial score (nSPS) is 22.9. The fourth-order valence-electron chi connectivity index (χ4n) is 2.36. The molecule has 3 nitrogen and oxygen atoms in total. The summed E-state index contributed by atoms with van der Waals surface area (Å²) in [6.45, 7) is 8.03. The van der Waals surface area contributed by atoms with Crippen LogP contribution in [0.2, 0.25) is 0 Å². The van der Waals surface area contributed by atoms with Crippen molar-refractivity contribution < 1.29 is 0 Å². The number of aromatic nitrogens is 2. The summed E-state index contributed by atoms with van der Waals surface area (Å²) >= 11 is 4.61. The topological polar surface area (TPSA) is 31.9 Å². The smallest absolute Gasteiger partial charge is 0.133 e. The SMILES string of the molecule is CC(C)(C)N1CCC[C@H]1c1nc(I)c(I)[nH]1. The molecule has 0 saturated carbocycles. The van der Waals surface area contributed by atoms with Crippen molar-refractivity contribution in [2.24, 2.45) is 0 Å². The number of nitrogens with one attached hydrogen (secondary N) is 1. The summed E-state index contributed by atoms with van der Waals surface area (Å²) in [5.74, 6) is 1.14. The molecule has 1 atom stereocenters. The number of imidazole rings is 1. The van der Waals surface area contributed by atoms with Gasteiger partial charge in [-0.25, -0.2) is 4.98 Å². The number of aromatic amines is 1.